The van der Waals surface area contributed by atoms with Gasteiger partial charge in [0.05, 0.1) is 12.1 Å². The molecule has 3 aromatic heterocycles. The zero-order valence-electron chi connectivity index (χ0n) is 17.8. The Balaban J connectivity index is 1.31. The summed E-state index contributed by atoms with van der Waals surface area (Å²) in [7, 11) is 0. The summed E-state index contributed by atoms with van der Waals surface area (Å²) >= 11 is 0. The number of nitrogens with zero attached hydrogens (tertiary/aromatic N) is 4. The van der Waals surface area contributed by atoms with Crippen molar-refractivity contribution in [3.05, 3.63) is 77.9 Å². The monoisotopic (exact) mass is 451 g/mol. The van der Waals surface area contributed by atoms with Gasteiger partial charge in [0.2, 0.25) is 5.91 Å². The predicted molar refractivity (Wildman–Crippen MR) is 120 cm³/mol. The van der Waals surface area contributed by atoms with E-state index in [2.05, 4.69) is 25.7 Å². The lowest BCUT2D eigenvalue weighted by Crippen LogP contribution is -2.28. The van der Waals surface area contributed by atoms with Crippen molar-refractivity contribution >= 4 is 17.2 Å². The number of nitrogen functional groups attached to an aromatic ring is 1. The fraction of sp³-hybridized carbons (Fsp3) is 0.217. The van der Waals surface area contributed by atoms with Gasteiger partial charge in [-0.3, -0.25) is 9.78 Å². The SMILES string of the molecule is Nc1ncnn2c(-c3ccncc3)cc(CC(=O)NCCCNCc3ccc(F)c(F)c3)c12. The van der Waals surface area contributed by atoms with Crippen molar-refractivity contribution in [2.45, 2.75) is 19.4 Å². The minimum absolute atomic E-state index is 0.133. The molecule has 0 spiro atoms. The molecule has 1 amide bonds. The van der Waals surface area contributed by atoms with E-state index in [-0.39, 0.29) is 12.3 Å². The Bertz CT molecular complexity index is 1260. The highest BCUT2D eigenvalue weighted by molar-refractivity contribution is 5.86. The zero-order valence-corrected chi connectivity index (χ0v) is 17.8. The highest BCUT2D eigenvalue weighted by atomic mass is 19.2. The average Bonchev–Trinajstić information content (AvgIpc) is 3.18. The normalized spacial score (nSPS) is 11.1. The maximum atomic E-state index is 13.2. The van der Waals surface area contributed by atoms with Crippen LogP contribution in [-0.2, 0) is 17.8 Å². The molecule has 0 aliphatic rings. The number of fused-ring (bicyclic) bond motifs is 1. The smallest absolute Gasteiger partial charge is 0.224 e. The summed E-state index contributed by atoms with van der Waals surface area (Å²) < 4.78 is 27.9. The number of carbonyl (C=O) groups is 1. The number of amides is 1. The molecule has 1 aromatic carbocycles. The van der Waals surface area contributed by atoms with Crippen LogP contribution in [0.15, 0.2) is 55.1 Å². The van der Waals surface area contributed by atoms with Crippen molar-refractivity contribution < 1.29 is 13.6 Å². The molecule has 3 heterocycles. The quantitative estimate of drug-likeness (QED) is 0.337. The van der Waals surface area contributed by atoms with E-state index in [4.69, 9.17) is 5.73 Å². The number of nitrogens with one attached hydrogen (secondary N) is 2. The lowest BCUT2D eigenvalue weighted by atomic mass is 10.1. The topological polar surface area (TPSA) is 110 Å². The molecule has 0 saturated carbocycles. The number of hydrogen-bond acceptors (Lipinski definition) is 6. The van der Waals surface area contributed by atoms with Crippen LogP contribution in [0.5, 0.6) is 0 Å². The summed E-state index contributed by atoms with van der Waals surface area (Å²) in [6.07, 6.45) is 5.57. The Morgan fingerprint density at radius 3 is 2.67 bits per heavy atom. The van der Waals surface area contributed by atoms with Gasteiger partial charge in [-0.2, -0.15) is 5.10 Å². The van der Waals surface area contributed by atoms with E-state index in [0.717, 1.165) is 22.9 Å². The van der Waals surface area contributed by atoms with E-state index in [9.17, 15) is 13.6 Å². The average molecular weight is 451 g/mol. The number of rotatable bonds is 9. The molecule has 0 bridgehead atoms. The van der Waals surface area contributed by atoms with Crippen LogP contribution in [0, 0.1) is 11.6 Å². The van der Waals surface area contributed by atoms with Gasteiger partial charge >= 0.3 is 0 Å². The molecule has 0 saturated heterocycles. The summed E-state index contributed by atoms with van der Waals surface area (Å²) in [5, 5.41) is 10.3. The highest BCUT2D eigenvalue weighted by Gasteiger charge is 2.17. The largest absolute Gasteiger partial charge is 0.382 e. The molecule has 0 radical (unpaired) electrons. The van der Waals surface area contributed by atoms with Gasteiger partial charge in [-0.1, -0.05) is 6.07 Å². The molecule has 4 N–H and O–H groups in total. The second kappa shape index (κ2) is 10.1. The summed E-state index contributed by atoms with van der Waals surface area (Å²) in [6.45, 7) is 1.50. The third-order valence-corrected chi connectivity index (χ3v) is 5.15. The Kier molecular flexibility index (Phi) is 6.84. The summed E-state index contributed by atoms with van der Waals surface area (Å²) in [6, 6.07) is 9.41. The molecular weight excluding hydrogens is 428 g/mol. The molecule has 0 atom stereocenters. The Labute approximate surface area is 188 Å². The van der Waals surface area contributed by atoms with Gasteiger partial charge < -0.3 is 16.4 Å². The molecule has 4 rings (SSSR count). The van der Waals surface area contributed by atoms with Crippen LogP contribution in [0.1, 0.15) is 17.5 Å². The second-order valence-corrected chi connectivity index (χ2v) is 7.50. The number of hydrogen-bond donors (Lipinski definition) is 3. The molecule has 33 heavy (non-hydrogen) atoms. The molecule has 170 valence electrons. The second-order valence-electron chi connectivity index (χ2n) is 7.50. The van der Waals surface area contributed by atoms with Crippen molar-refractivity contribution in [3.63, 3.8) is 0 Å². The predicted octanol–water partition coefficient (Wildman–Crippen LogP) is 2.49. The number of benzene rings is 1. The van der Waals surface area contributed by atoms with Crippen LogP contribution in [0.2, 0.25) is 0 Å². The number of halogens is 2. The first-order valence-corrected chi connectivity index (χ1v) is 10.5. The van der Waals surface area contributed by atoms with Crippen molar-refractivity contribution in [2.75, 3.05) is 18.8 Å². The highest BCUT2D eigenvalue weighted by Crippen LogP contribution is 2.27. The third kappa shape index (κ3) is 5.29. The van der Waals surface area contributed by atoms with Crippen molar-refractivity contribution in [1.29, 1.82) is 0 Å². The first kappa shape index (κ1) is 22.3. The van der Waals surface area contributed by atoms with Gasteiger partial charge in [0.1, 0.15) is 11.8 Å². The minimum atomic E-state index is -0.863. The molecule has 0 unspecified atom stereocenters. The van der Waals surface area contributed by atoms with Gasteiger partial charge in [-0.05, 0) is 54.4 Å². The van der Waals surface area contributed by atoms with Crippen molar-refractivity contribution in [1.82, 2.24) is 30.2 Å². The van der Waals surface area contributed by atoms with Crippen molar-refractivity contribution in [3.8, 4) is 11.3 Å². The number of pyridine rings is 1. The van der Waals surface area contributed by atoms with Crippen LogP contribution >= 0.6 is 0 Å². The van der Waals surface area contributed by atoms with Crippen LogP contribution in [0.3, 0.4) is 0 Å². The standard InChI is InChI=1S/C23H23F2N7O/c24-18-3-2-15(10-19(18)25)13-28-6-1-7-29-21(33)12-17-11-20(16-4-8-27-9-5-16)32-22(17)23(26)30-14-31-32/h2-5,8-11,14,28H,1,6-7,12-13H2,(H,29,33)(H2,26,30,31). The maximum Gasteiger partial charge on any atom is 0.224 e. The van der Waals surface area contributed by atoms with E-state index in [1.165, 1.54) is 18.5 Å². The Morgan fingerprint density at radius 2 is 1.88 bits per heavy atom. The molecule has 0 aliphatic carbocycles. The molecule has 4 aromatic rings. The van der Waals surface area contributed by atoms with E-state index in [0.29, 0.717) is 43.0 Å². The molecule has 8 nitrogen and oxygen atoms in total. The number of carbonyl (C=O) groups excluding carboxylic acids is 1. The fourth-order valence-corrected chi connectivity index (χ4v) is 3.57. The van der Waals surface area contributed by atoms with E-state index in [1.807, 2.05) is 18.2 Å². The minimum Gasteiger partial charge on any atom is -0.382 e. The maximum absolute atomic E-state index is 13.2. The molecule has 0 aliphatic heterocycles. The third-order valence-electron chi connectivity index (χ3n) is 5.15. The lowest BCUT2D eigenvalue weighted by molar-refractivity contribution is -0.120. The first-order chi connectivity index (χ1) is 16.0. The summed E-state index contributed by atoms with van der Waals surface area (Å²) in [5.74, 6) is -1.57. The molecular formula is C23H23F2N7O. The summed E-state index contributed by atoms with van der Waals surface area (Å²) in [4.78, 5) is 20.6. The number of nitrogens with two attached hydrogens (primary N) is 1. The van der Waals surface area contributed by atoms with Crippen LogP contribution < -0.4 is 16.4 Å². The molecule has 0 fully saturated rings. The summed E-state index contributed by atoms with van der Waals surface area (Å²) in [5.41, 5.74) is 9.76. The lowest BCUT2D eigenvalue weighted by Gasteiger charge is -2.07. The number of aromatic nitrogens is 4. The van der Waals surface area contributed by atoms with E-state index >= 15 is 0 Å². The van der Waals surface area contributed by atoms with Gasteiger partial charge in [-0.15, -0.1) is 0 Å². The number of anilines is 1. The Hall–Kier alpha value is -3.92. The Morgan fingerprint density at radius 1 is 1.06 bits per heavy atom. The van der Waals surface area contributed by atoms with Gasteiger partial charge in [-0.25, -0.2) is 18.3 Å². The van der Waals surface area contributed by atoms with Crippen LogP contribution in [0.25, 0.3) is 16.8 Å². The van der Waals surface area contributed by atoms with Gasteiger partial charge in [0, 0.05) is 31.0 Å². The zero-order chi connectivity index (χ0) is 23.2. The fourth-order valence-electron chi connectivity index (χ4n) is 3.57. The van der Waals surface area contributed by atoms with Crippen molar-refractivity contribution in [2.24, 2.45) is 0 Å². The first-order valence-electron chi connectivity index (χ1n) is 10.5. The molecule has 10 heteroatoms. The van der Waals surface area contributed by atoms with Gasteiger partial charge in [0.25, 0.3) is 0 Å². The van der Waals surface area contributed by atoms with E-state index in [1.54, 1.807) is 16.9 Å². The van der Waals surface area contributed by atoms with Crippen LogP contribution in [-0.4, -0.2) is 38.6 Å². The van der Waals surface area contributed by atoms with Crippen LogP contribution in [0.4, 0.5) is 14.6 Å². The van der Waals surface area contributed by atoms with E-state index < -0.39 is 11.6 Å². The van der Waals surface area contributed by atoms with Gasteiger partial charge in [0.15, 0.2) is 17.5 Å².